The monoisotopic (exact) mass is 544 g/mol. The zero-order valence-electron chi connectivity index (χ0n) is 19.9. The molecule has 0 radical (unpaired) electrons. The molecule has 2 aromatic heterocycles. The van der Waals surface area contributed by atoms with Crippen LogP contribution in [0.2, 0.25) is 0 Å². The first-order valence-electron chi connectivity index (χ1n) is 11.2. The quantitative estimate of drug-likeness (QED) is 0.403. The number of urea groups is 2. The third-order valence-corrected chi connectivity index (χ3v) is 5.91. The largest absolute Gasteiger partial charge is 0.423 e. The van der Waals surface area contributed by atoms with E-state index in [1.54, 1.807) is 54.2 Å². The molecule has 1 fully saturated rings. The van der Waals surface area contributed by atoms with Crippen LogP contribution >= 0.6 is 0 Å². The number of hydrogen-bond acceptors (Lipinski definition) is 4. The first-order chi connectivity index (χ1) is 17.8. The van der Waals surface area contributed by atoms with Crippen molar-refractivity contribution in [1.82, 2.24) is 19.6 Å². The van der Waals surface area contributed by atoms with E-state index in [2.05, 4.69) is 25.7 Å². The number of nitrogens with one attached hydrogen (secondary N) is 3. The Kier molecular flexibility index (Phi) is 7.14. The van der Waals surface area contributed by atoms with Crippen molar-refractivity contribution in [1.29, 1.82) is 0 Å². The van der Waals surface area contributed by atoms with E-state index in [1.807, 2.05) is 0 Å². The van der Waals surface area contributed by atoms with Crippen molar-refractivity contribution in [3.63, 3.8) is 0 Å². The molecular formula is C23H22F6N6O3. The third-order valence-electron chi connectivity index (χ3n) is 5.91. The Morgan fingerprint density at radius 1 is 1.08 bits per heavy atom. The van der Waals surface area contributed by atoms with Crippen LogP contribution in [0.3, 0.4) is 0 Å². The molecule has 3 N–H and O–H groups in total. The summed E-state index contributed by atoms with van der Waals surface area (Å²) in [6, 6.07) is 5.62. The van der Waals surface area contributed by atoms with Gasteiger partial charge in [0.25, 0.3) is 0 Å². The van der Waals surface area contributed by atoms with Gasteiger partial charge < -0.3 is 30.0 Å². The summed E-state index contributed by atoms with van der Waals surface area (Å²) in [5.74, 6) is 0. The number of halogens is 6. The van der Waals surface area contributed by atoms with Crippen molar-refractivity contribution in [3.8, 4) is 11.1 Å². The molecule has 1 saturated heterocycles. The van der Waals surface area contributed by atoms with Crippen molar-refractivity contribution in [2.24, 2.45) is 0 Å². The number of carbonyl (C=O) groups excluding carboxylic acids is 2. The van der Waals surface area contributed by atoms with Crippen molar-refractivity contribution >= 4 is 29.1 Å². The summed E-state index contributed by atoms with van der Waals surface area (Å²) in [6.07, 6.45) is -11.5. The zero-order chi connectivity index (χ0) is 27.8. The van der Waals surface area contributed by atoms with E-state index in [0.717, 1.165) is 4.90 Å². The van der Waals surface area contributed by atoms with Gasteiger partial charge >= 0.3 is 24.4 Å². The maximum atomic E-state index is 12.7. The number of alkyl halides is 6. The molecule has 0 atom stereocenters. The number of carbonyl (C=O) groups is 2. The SMILES string of the molecule is CNC(=O)Nc1cc(-c2cccc(NC(=O)N3CC(OC(C(F)(F)F)C(F)(F)F)C3)c2C)cn2ccnc12. The van der Waals surface area contributed by atoms with Crippen LogP contribution in [0.25, 0.3) is 16.8 Å². The van der Waals surface area contributed by atoms with Gasteiger partial charge in [0, 0.05) is 36.9 Å². The first-order valence-corrected chi connectivity index (χ1v) is 11.2. The molecule has 0 aliphatic carbocycles. The molecule has 4 amide bonds. The van der Waals surface area contributed by atoms with Gasteiger partial charge in [-0.1, -0.05) is 12.1 Å². The van der Waals surface area contributed by atoms with Gasteiger partial charge in [0.2, 0.25) is 6.10 Å². The highest BCUT2D eigenvalue weighted by atomic mass is 19.4. The van der Waals surface area contributed by atoms with Gasteiger partial charge in [-0.05, 0) is 30.2 Å². The molecule has 1 aliphatic rings. The molecule has 15 heteroatoms. The Balaban J connectivity index is 1.48. The van der Waals surface area contributed by atoms with Crippen LogP contribution in [-0.4, -0.2) is 71.0 Å². The Morgan fingerprint density at radius 2 is 1.76 bits per heavy atom. The van der Waals surface area contributed by atoms with Crippen molar-refractivity contribution in [2.75, 3.05) is 30.8 Å². The van der Waals surface area contributed by atoms with Crippen LogP contribution in [0.15, 0.2) is 42.9 Å². The van der Waals surface area contributed by atoms with Crippen molar-refractivity contribution in [2.45, 2.75) is 31.5 Å². The number of aromatic nitrogens is 2. The predicted molar refractivity (Wildman–Crippen MR) is 125 cm³/mol. The average Bonchev–Trinajstić information content (AvgIpc) is 3.26. The molecule has 0 saturated carbocycles. The fourth-order valence-electron chi connectivity index (χ4n) is 3.96. The second-order valence-corrected chi connectivity index (χ2v) is 8.54. The Bertz CT molecular complexity index is 1340. The number of pyridine rings is 1. The number of likely N-dealkylation sites (tertiary alicyclic amines) is 1. The molecule has 0 unspecified atom stereocenters. The summed E-state index contributed by atoms with van der Waals surface area (Å²) >= 11 is 0. The lowest BCUT2D eigenvalue weighted by atomic mass is 10.00. The number of rotatable bonds is 5. The summed E-state index contributed by atoms with van der Waals surface area (Å²) in [4.78, 5) is 29.8. The average molecular weight is 544 g/mol. The molecule has 0 spiro atoms. The lowest BCUT2D eigenvalue weighted by Crippen LogP contribution is -2.59. The maximum absolute atomic E-state index is 12.7. The third kappa shape index (κ3) is 5.61. The molecule has 1 aromatic carbocycles. The number of imidazole rings is 1. The number of benzene rings is 1. The van der Waals surface area contributed by atoms with E-state index in [1.165, 1.54) is 7.05 Å². The van der Waals surface area contributed by atoms with E-state index in [-0.39, 0.29) is 0 Å². The fourth-order valence-corrected chi connectivity index (χ4v) is 3.96. The summed E-state index contributed by atoms with van der Waals surface area (Å²) < 4.78 is 82.2. The Hall–Kier alpha value is -4.01. The number of hydrogen-bond donors (Lipinski definition) is 3. The fraction of sp³-hybridized carbons (Fsp3) is 0.348. The van der Waals surface area contributed by atoms with Crippen molar-refractivity contribution < 1.29 is 40.7 Å². The molecular weight excluding hydrogens is 522 g/mol. The van der Waals surface area contributed by atoms with Crippen molar-refractivity contribution in [3.05, 3.63) is 48.4 Å². The highest BCUT2D eigenvalue weighted by molar-refractivity contribution is 5.95. The van der Waals surface area contributed by atoms with Crippen LogP contribution in [0.5, 0.6) is 0 Å². The Morgan fingerprint density at radius 3 is 2.39 bits per heavy atom. The maximum Gasteiger partial charge on any atom is 0.423 e. The van der Waals surface area contributed by atoms with Gasteiger partial charge in [-0.2, -0.15) is 26.3 Å². The van der Waals surface area contributed by atoms with Gasteiger partial charge in [0.1, 0.15) is 0 Å². The highest BCUT2D eigenvalue weighted by Gasteiger charge is 2.59. The first kappa shape index (κ1) is 27.0. The van der Waals surface area contributed by atoms with Crippen LogP contribution in [0, 0.1) is 6.92 Å². The number of anilines is 2. The van der Waals surface area contributed by atoms with Gasteiger partial charge in [0.05, 0.1) is 24.9 Å². The molecule has 3 aromatic rings. The lowest BCUT2D eigenvalue weighted by molar-refractivity contribution is -0.336. The summed E-state index contributed by atoms with van der Waals surface area (Å²) in [5, 5.41) is 7.80. The molecule has 1 aliphatic heterocycles. The lowest BCUT2D eigenvalue weighted by Gasteiger charge is -2.41. The summed E-state index contributed by atoms with van der Waals surface area (Å²) in [6.45, 7) is 0.867. The van der Waals surface area contributed by atoms with Gasteiger partial charge in [-0.3, -0.25) is 0 Å². The normalized spacial score (nSPS) is 14.5. The Labute approximate surface area is 211 Å². The smallest absolute Gasteiger partial charge is 0.354 e. The highest BCUT2D eigenvalue weighted by Crippen LogP contribution is 2.37. The van der Waals surface area contributed by atoms with E-state index in [9.17, 15) is 35.9 Å². The van der Waals surface area contributed by atoms with Crippen LogP contribution in [0.4, 0.5) is 47.3 Å². The minimum atomic E-state index is -5.62. The summed E-state index contributed by atoms with van der Waals surface area (Å²) in [7, 11) is 1.47. The molecule has 38 heavy (non-hydrogen) atoms. The van der Waals surface area contributed by atoms with Gasteiger partial charge in [-0.25, -0.2) is 14.6 Å². The molecule has 0 bridgehead atoms. The second kappa shape index (κ2) is 10.0. The predicted octanol–water partition coefficient (Wildman–Crippen LogP) is 4.79. The number of amides is 4. The minimum absolute atomic E-state index is 0.381. The molecule has 4 rings (SSSR count). The standard InChI is InChI=1S/C23H22F6N6O3/c1-12-15(13-8-17(32-20(36)30-2)18-31-6-7-34(18)9-13)4-3-5-16(12)33-21(37)35-10-14(11-35)38-19(22(24,25)26)23(27,28)29/h3-9,14,19H,10-11H2,1-2H3,(H,33,37)(H2,30,32,36). The van der Waals surface area contributed by atoms with Crippen LogP contribution < -0.4 is 16.0 Å². The van der Waals surface area contributed by atoms with E-state index in [0.29, 0.717) is 33.7 Å². The topological polar surface area (TPSA) is 100 Å². The van der Waals surface area contributed by atoms with Gasteiger partial charge in [0.15, 0.2) is 5.65 Å². The summed E-state index contributed by atoms with van der Waals surface area (Å²) in [5.41, 5.74) is 3.33. The minimum Gasteiger partial charge on any atom is -0.354 e. The van der Waals surface area contributed by atoms with Crippen LogP contribution in [0.1, 0.15) is 5.56 Å². The zero-order valence-corrected chi connectivity index (χ0v) is 19.9. The number of ether oxygens (including phenoxy) is 1. The number of nitrogens with zero attached hydrogens (tertiary/aromatic N) is 3. The number of fused-ring (bicyclic) bond motifs is 1. The molecule has 9 nitrogen and oxygen atoms in total. The van der Waals surface area contributed by atoms with E-state index < -0.39 is 49.7 Å². The molecule has 3 heterocycles. The van der Waals surface area contributed by atoms with E-state index in [4.69, 9.17) is 0 Å². The molecule has 204 valence electrons. The van der Waals surface area contributed by atoms with E-state index >= 15 is 0 Å². The van der Waals surface area contributed by atoms with Crippen LogP contribution in [-0.2, 0) is 4.74 Å². The van der Waals surface area contributed by atoms with Gasteiger partial charge in [-0.15, -0.1) is 0 Å². The second-order valence-electron chi connectivity index (χ2n) is 8.54.